The summed E-state index contributed by atoms with van der Waals surface area (Å²) < 4.78 is 0. The first kappa shape index (κ1) is 8.38. The summed E-state index contributed by atoms with van der Waals surface area (Å²) in [7, 11) is 0. The van der Waals surface area contributed by atoms with Crippen molar-refractivity contribution in [3.05, 3.63) is 0 Å². The Labute approximate surface area is 60.4 Å². The highest BCUT2D eigenvalue weighted by Crippen LogP contribution is 1.70. The van der Waals surface area contributed by atoms with Gasteiger partial charge in [0.2, 0.25) is 5.91 Å². The molecule has 2 nitrogen and oxygen atoms in total. The van der Waals surface area contributed by atoms with E-state index in [0.717, 1.165) is 0 Å². The predicted molar refractivity (Wildman–Crippen MR) is 40.3 cm³/mol. The lowest BCUT2D eigenvalue weighted by Gasteiger charge is -1.93. The lowest BCUT2D eigenvalue weighted by molar-refractivity contribution is -0.118. The molecule has 0 fully saturated rings. The van der Waals surface area contributed by atoms with E-state index >= 15 is 0 Å². The molecule has 1 N–H and O–H groups in total. The Morgan fingerprint density at radius 3 is 2.89 bits per heavy atom. The third-order valence-electron chi connectivity index (χ3n) is 0.694. The van der Waals surface area contributed by atoms with Gasteiger partial charge in [-0.05, 0) is 6.92 Å². The van der Waals surface area contributed by atoms with Crippen LogP contribution in [0.25, 0.3) is 0 Å². The molecule has 0 atom stereocenters. The summed E-state index contributed by atoms with van der Waals surface area (Å²) in [6, 6.07) is 0. The largest absolute Gasteiger partial charge is 0.344 e. The highest BCUT2D eigenvalue weighted by Gasteiger charge is 1.90. The van der Waals surface area contributed by atoms with Crippen LogP contribution in [0.2, 0.25) is 0 Å². The van der Waals surface area contributed by atoms with Crippen LogP contribution in [0, 0.1) is 11.8 Å². The minimum Gasteiger partial charge on any atom is -0.344 e. The van der Waals surface area contributed by atoms with Gasteiger partial charge in [-0.15, -0.1) is 5.92 Å². The Hall–Kier alpha value is -0.620. The lowest BCUT2D eigenvalue weighted by atomic mass is 10.5. The Morgan fingerprint density at radius 1 is 1.78 bits per heavy atom. The average molecular weight is 143 g/mol. The molecular formula is C6H9NOS. The van der Waals surface area contributed by atoms with Gasteiger partial charge in [0.15, 0.2) is 0 Å². The van der Waals surface area contributed by atoms with Crippen molar-refractivity contribution in [3.8, 4) is 11.8 Å². The molecule has 9 heavy (non-hydrogen) atoms. The highest BCUT2D eigenvalue weighted by molar-refractivity contribution is 7.81. The van der Waals surface area contributed by atoms with Crippen LogP contribution in [0.1, 0.15) is 6.92 Å². The van der Waals surface area contributed by atoms with Crippen LogP contribution in [-0.2, 0) is 4.79 Å². The van der Waals surface area contributed by atoms with Crippen molar-refractivity contribution in [3.63, 3.8) is 0 Å². The van der Waals surface area contributed by atoms with E-state index in [2.05, 4.69) is 29.8 Å². The van der Waals surface area contributed by atoms with Crippen LogP contribution in [0.5, 0.6) is 0 Å². The predicted octanol–water partition coefficient (Wildman–Crippen LogP) is 0.0557. The van der Waals surface area contributed by atoms with Crippen molar-refractivity contribution in [2.75, 3.05) is 12.3 Å². The molecule has 0 heterocycles. The smallest absolute Gasteiger partial charge is 0.230 e. The van der Waals surface area contributed by atoms with E-state index in [-0.39, 0.29) is 11.7 Å². The summed E-state index contributed by atoms with van der Waals surface area (Å²) in [5, 5.41) is 2.54. The number of nitrogens with one attached hydrogen (secondary N) is 1. The fourth-order valence-corrected chi connectivity index (χ4v) is 0.399. The second-order valence-electron chi connectivity index (χ2n) is 1.36. The first-order valence-corrected chi connectivity index (χ1v) is 3.21. The molecule has 0 aliphatic heterocycles. The molecule has 0 aromatic rings. The maximum absolute atomic E-state index is 10.4. The molecule has 0 aromatic heterocycles. The van der Waals surface area contributed by atoms with Crippen molar-refractivity contribution in [2.45, 2.75) is 6.92 Å². The Bertz CT molecular complexity index is 145. The van der Waals surface area contributed by atoms with Gasteiger partial charge in [0.25, 0.3) is 0 Å². The lowest BCUT2D eigenvalue weighted by Crippen LogP contribution is -2.24. The molecule has 0 rings (SSSR count). The van der Waals surface area contributed by atoms with Gasteiger partial charge in [0, 0.05) is 0 Å². The van der Waals surface area contributed by atoms with Gasteiger partial charge in [0.05, 0.1) is 12.3 Å². The number of rotatable bonds is 2. The maximum Gasteiger partial charge on any atom is 0.230 e. The SMILES string of the molecule is CC#CCNC(=O)CS. The van der Waals surface area contributed by atoms with Crippen LogP contribution in [-0.4, -0.2) is 18.2 Å². The van der Waals surface area contributed by atoms with Crippen LogP contribution in [0.4, 0.5) is 0 Å². The number of hydrogen-bond donors (Lipinski definition) is 2. The zero-order chi connectivity index (χ0) is 7.11. The molecule has 0 saturated carbocycles. The number of thiol groups is 1. The van der Waals surface area contributed by atoms with Gasteiger partial charge >= 0.3 is 0 Å². The van der Waals surface area contributed by atoms with Crippen LogP contribution >= 0.6 is 12.6 Å². The molecule has 0 saturated heterocycles. The molecule has 0 aliphatic carbocycles. The Balaban J connectivity index is 3.24. The van der Waals surface area contributed by atoms with Crippen molar-refractivity contribution >= 4 is 18.5 Å². The topological polar surface area (TPSA) is 29.1 Å². The zero-order valence-electron chi connectivity index (χ0n) is 5.27. The first-order valence-electron chi connectivity index (χ1n) is 2.58. The molecule has 0 spiro atoms. The van der Waals surface area contributed by atoms with Crippen molar-refractivity contribution in [1.82, 2.24) is 5.32 Å². The minimum atomic E-state index is -0.0823. The monoisotopic (exact) mass is 143 g/mol. The first-order chi connectivity index (χ1) is 4.31. The van der Waals surface area contributed by atoms with E-state index in [4.69, 9.17) is 0 Å². The molecule has 0 aliphatic rings. The molecule has 0 aromatic carbocycles. The molecule has 1 amide bonds. The van der Waals surface area contributed by atoms with Crippen molar-refractivity contribution in [2.24, 2.45) is 0 Å². The molecular weight excluding hydrogens is 134 g/mol. The van der Waals surface area contributed by atoms with Crippen LogP contribution in [0.15, 0.2) is 0 Å². The highest BCUT2D eigenvalue weighted by atomic mass is 32.1. The summed E-state index contributed by atoms with van der Waals surface area (Å²) in [6.07, 6.45) is 0. The van der Waals surface area contributed by atoms with Crippen LogP contribution in [0.3, 0.4) is 0 Å². The molecule has 0 bridgehead atoms. The zero-order valence-corrected chi connectivity index (χ0v) is 6.16. The quantitative estimate of drug-likeness (QED) is 0.415. The average Bonchev–Trinajstić information content (AvgIpc) is 1.89. The fraction of sp³-hybridized carbons (Fsp3) is 0.500. The summed E-state index contributed by atoms with van der Waals surface area (Å²) >= 11 is 3.76. The summed E-state index contributed by atoms with van der Waals surface area (Å²) in [6.45, 7) is 2.16. The van der Waals surface area contributed by atoms with Crippen molar-refractivity contribution in [1.29, 1.82) is 0 Å². The van der Waals surface area contributed by atoms with E-state index in [0.29, 0.717) is 6.54 Å². The van der Waals surface area contributed by atoms with E-state index < -0.39 is 0 Å². The second kappa shape index (κ2) is 5.52. The van der Waals surface area contributed by atoms with Gasteiger partial charge in [0.1, 0.15) is 0 Å². The maximum atomic E-state index is 10.4. The van der Waals surface area contributed by atoms with E-state index in [9.17, 15) is 4.79 Å². The van der Waals surface area contributed by atoms with E-state index in [1.807, 2.05) is 0 Å². The fourth-order valence-electron chi connectivity index (χ4n) is 0.287. The normalized spacial score (nSPS) is 7.33. The van der Waals surface area contributed by atoms with Crippen LogP contribution < -0.4 is 5.32 Å². The van der Waals surface area contributed by atoms with Gasteiger partial charge in [-0.3, -0.25) is 4.79 Å². The molecule has 3 heteroatoms. The minimum absolute atomic E-state index is 0.0823. The van der Waals surface area contributed by atoms with Crippen molar-refractivity contribution < 1.29 is 4.79 Å². The standard InChI is InChI=1S/C6H9NOS/c1-2-3-4-7-6(8)5-9/h9H,4-5H2,1H3,(H,7,8). The van der Waals surface area contributed by atoms with E-state index in [1.54, 1.807) is 6.92 Å². The number of hydrogen-bond acceptors (Lipinski definition) is 2. The number of carbonyl (C=O) groups excluding carboxylic acids is 1. The second-order valence-corrected chi connectivity index (χ2v) is 1.68. The molecule has 50 valence electrons. The third kappa shape index (κ3) is 5.25. The van der Waals surface area contributed by atoms with Gasteiger partial charge < -0.3 is 5.32 Å². The van der Waals surface area contributed by atoms with E-state index in [1.165, 1.54) is 0 Å². The summed E-state index contributed by atoms with van der Waals surface area (Å²) in [4.78, 5) is 10.4. The van der Waals surface area contributed by atoms with Gasteiger partial charge in [-0.25, -0.2) is 0 Å². The number of carbonyl (C=O) groups is 1. The Morgan fingerprint density at radius 2 is 2.44 bits per heavy atom. The summed E-state index contributed by atoms with van der Waals surface area (Å²) in [5.41, 5.74) is 0. The molecule has 0 radical (unpaired) electrons. The molecule has 0 unspecified atom stereocenters. The van der Waals surface area contributed by atoms with Gasteiger partial charge in [-0.1, -0.05) is 5.92 Å². The van der Waals surface area contributed by atoms with Gasteiger partial charge in [-0.2, -0.15) is 12.6 Å². The Kier molecular flexibility index (Phi) is 5.14. The number of amides is 1. The summed E-state index contributed by atoms with van der Waals surface area (Å²) in [5.74, 6) is 5.50. The third-order valence-corrected chi connectivity index (χ3v) is 0.982.